The van der Waals surface area contributed by atoms with Gasteiger partial charge in [-0.15, -0.1) is 0 Å². The number of nitrogens with zero attached hydrogens (tertiary/aromatic N) is 2. The Bertz CT molecular complexity index is 562. The zero-order valence-electron chi connectivity index (χ0n) is 10.4. The number of aromatic nitrogens is 2. The lowest BCUT2D eigenvalue weighted by Crippen LogP contribution is -2.12. The van der Waals surface area contributed by atoms with Crippen molar-refractivity contribution in [1.82, 2.24) is 15.1 Å². The summed E-state index contributed by atoms with van der Waals surface area (Å²) in [5, 5.41) is 7.31. The highest BCUT2D eigenvalue weighted by Gasteiger charge is 2.07. The molecule has 0 saturated carbocycles. The lowest BCUT2D eigenvalue weighted by Gasteiger charge is -2.11. The van der Waals surface area contributed by atoms with Crippen LogP contribution in [0.5, 0.6) is 0 Å². The van der Waals surface area contributed by atoms with Crippen LogP contribution < -0.4 is 11.1 Å². The lowest BCUT2D eigenvalue weighted by molar-refractivity contribution is 0.100. The van der Waals surface area contributed by atoms with Crippen molar-refractivity contribution >= 4 is 5.91 Å². The summed E-state index contributed by atoms with van der Waals surface area (Å²) in [4.78, 5) is 11.0. The van der Waals surface area contributed by atoms with Crippen LogP contribution in [0.25, 0.3) is 5.69 Å². The number of hydrogen-bond donors (Lipinski definition) is 2. The van der Waals surface area contributed by atoms with E-state index in [1.54, 1.807) is 10.9 Å². The van der Waals surface area contributed by atoms with Gasteiger partial charge in [0.2, 0.25) is 0 Å². The summed E-state index contributed by atoms with van der Waals surface area (Å²) in [6, 6.07) is 8.23. The minimum Gasteiger partial charge on any atom is -0.366 e. The van der Waals surface area contributed by atoms with Crippen LogP contribution in [0.3, 0.4) is 0 Å². The van der Waals surface area contributed by atoms with Crippen molar-refractivity contribution in [3.63, 3.8) is 0 Å². The second kappa shape index (κ2) is 5.01. The van der Waals surface area contributed by atoms with E-state index in [-0.39, 0.29) is 6.04 Å². The van der Waals surface area contributed by atoms with E-state index in [9.17, 15) is 4.79 Å². The summed E-state index contributed by atoms with van der Waals surface area (Å²) in [5.74, 6) is -0.471. The Labute approximate surface area is 106 Å². The molecule has 0 bridgehead atoms. The normalized spacial score (nSPS) is 12.3. The minimum atomic E-state index is -0.471. The van der Waals surface area contributed by atoms with Crippen molar-refractivity contribution < 1.29 is 4.79 Å². The number of carbonyl (C=O) groups is 1. The first-order valence-corrected chi connectivity index (χ1v) is 5.74. The lowest BCUT2D eigenvalue weighted by atomic mass is 10.1. The Balaban J connectivity index is 2.35. The molecule has 0 fully saturated rings. The Morgan fingerprint density at radius 2 is 2.28 bits per heavy atom. The van der Waals surface area contributed by atoms with Crippen molar-refractivity contribution in [2.75, 3.05) is 7.05 Å². The van der Waals surface area contributed by atoms with Crippen molar-refractivity contribution in [3.8, 4) is 5.69 Å². The molecule has 1 aromatic carbocycles. The number of benzene rings is 1. The molecule has 0 aliphatic heterocycles. The smallest absolute Gasteiger partial charge is 0.251 e. The van der Waals surface area contributed by atoms with Gasteiger partial charge in [0.1, 0.15) is 0 Å². The second-order valence-corrected chi connectivity index (χ2v) is 4.14. The number of amides is 1. The number of hydrogen-bond acceptors (Lipinski definition) is 3. The molecule has 3 N–H and O–H groups in total. The van der Waals surface area contributed by atoms with Gasteiger partial charge in [0.05, 0.1) is 17.4 Å². The van der Waals surface area contributed by atoms with Crippen molar-refractivity contribution in [2.24, 2.45) is 5.73 Å². The van der Waals surface area contributed by atoms with Crippen LogP contribution in [0.4, 0.5) is 0 Å². The van der Waals surface area contributed by atoms with Gasteiger partial charge in [-0.1, -0.05) is 12.1 Å². The van der Waals surface area contributed by atoms with E-state index >= 15 is 0 Å². The molecular formula is C13H16N4O. The summed E-state index contributed by atoms with van der Waals surface area (Å²) in [6.45, 7) is 2.08. The van der Waals surface area contributed by atoms with Crippen LogP contribution in [-0.2, 0) is 0 Å². The van der Waals surface area contributed by atoms with Crippen LogP contribution in [0.1, 0.15) is 28.9 Å². The van der Waals surface area contributed by atoms with E-state index < -0.39 is 5.91 Å². The molecule has 0 radical (unpaired) electrons. The van der Waals surface area contributed by atoms with Gasteiger partial charge in [0.25, 0.3) is 5.91 Å². The predicted octanol–water partition coefficient (Wildman–Crippen LogP) is 1.25. The van der Waals surface area contributed by atoms with Gasteiger partial charge in [-0.05, 0) is 31.7 Å². The third kappa shape index (κ3) is 2.41. The largest absolute Gasteiger partial charge is 0.366 e. The summed E-state index contributed by atoms with van der Waals surface area (Å²) in [7, 11) is 1.91. The molecule has 1 atom stereocenters. The van der Waals surface area contributed by atoms with E-state index in [4.69, 9.17) is 5.73 Å². The molecule has 0 spiro atoms. The standard InChI is InChI=1S/C13H16N4O/c1-9(15-2)10-4-3-5-12(6-10)17-8-11(7-16-17)13(14)18/h3-9,15H,1-2H3,(H2,14,18). The third-order valence-corrected chi connectivity index (χ3v) is 2.93. The SMILES string of the molecule is CNC(C)c1cccc(-n2cc(C(N)=O)cn2)c1. The Morgan fingerprint density at radius 1 is 1.50 bits per heavy atom. The van der Waals surface area contributed by atoms with Crippen LogP contribution in [0.2, 0.25) is 0 Å². The molecule has 94 valence electrons. The van der Waals surface area contributed by atoms with Crippen molar-refractivity contribution in [3.05, 3.63) is 47.8 Å². The monoisotopic (exact) mass is 244 g/mol. The average molecular weight is 244 g/mol. The van der Waals surface area contributed by atoms with E-state index in [1.165, 1.54) is 6.20 Å². The Hall–Kier alpha value is -2.14. The maximum absolute atomic E-state index is 11.0. The molecule has 0 saturated heterocycles. The maximum Gasteiger partial charge on any atom is 0.251 e. The van der Waals surface area contributed by atoms with Crippen LogP contribution in [0.15, 0.2) is 36.7 Å². The highest BCUT2D eigenvalue weighted by molar-refractivity contribution is 5.92. The van der Waals surface area contributed by atoms with E-state index in [0.29, 0.717) is 5.56 Å². The van der Waals surface area contributed by atoms with Crippen LogP contribution >= 0.6 is 0 Å². The van der Waals surface area contributed by atoms with Gasteiger partial charge in [0, 0.05) is 12.2 Å². The van der Waals surface area contributed by atoms with Crippen molar-refractivity contribution in [1.29, 1.82) is 0 Å². The molecule has 2 aromatic rings. The molecule has 5 nitrogen and oxygen atoms in total. The van der Waals surface area contributed by atoms with Gasteiger partial charge >= 0.3 is 0 Å². The Morgan fingerprint density at radius 3 is 2.89 bits per heavy atom. The highest BCUT2D eigenvalue weighted by Crippen LogP contribution is 2.16. The van der Waals surface area contributed by atoms with Gasteiger partial charge < -0.3 is 11.1 Å². The fourth-order valence-electron chi connectivity index (χ4n) is 1.69. The molecule has 0 aliphatic carbocycles. The van der Waals surface area contributed by atoms with Gasteiger partial charge in [-0.25, -0.2) is 4.68 Å². The number of rotatable bonds is 4. The molecule has 2 rings (SSSR count). The fourth-order valence-corrected chi connectivity index (χ4v) is 1.69. The summed E-state index contributed by atoms with van der Waals surface area (Å²) < 4.78 is 1.64. The first kappa shape index (κ1) is 12.3. The topological polar surface area (TPSA) is 72.9 Å². The Kier molecular flexibility index (Phi) is 3.43. The summed E-state index contributed by atoms with van der Waals surface area (Å²) in [5.41, 5.74) is 7.67. The highest BCUT2D eigenvalue weighted by atomic mass is 16.1. The van der Waals surface area contributed by atoms with E-state index in [2.05, 4.69) is 17.3 Å². The quantitative estimate of drug-likeness (QED) is 0.850. The first-order chi connectivity index (χ1) is 8.61. The molecule has 1 heterocycles. The molecule has 0 aliphatic rings. The molecule has 18 heavy (non-hydrogen) atoms. The van der Waals surface area contributed by atoms with E-state index in [1.807, 2.05) is 31.3 Å². The van der Waals surface area contributed by atoms with E-state index in [0.717, 1.165) is 11.3 Å². The number of nitrogens with two attached hydrogens (primary N) is 1. The first-order valence-electron chi connectivity index (χ1n) is 5.74. The minimum absolute atomic E-state index is 0.260. The van der Waals surface area contributed by atoms with Gasteiger partial charge in [-0.2, -0.15) is 5.10 Å². The molecule has 1 unspecified atom stereocenters. The molecular weight excluding hydrogens is 228 g/mol. The zero-order valence-corrected chi connectivity index (χ0v) is 10.4. The van der Waals surface area contributed by atoms with Gasteiger partial charge in [0.15, 0.2) is 0 Å². The summed E-state index contributed by atoms with van der Waals surface area (Å²) in [6.07, 6.45) is 3.10. The number of primary amides is 1. The fraction of sp³-hybridized carbons (Fsp3) is 0.231. The third-order valence-electron chi connectivity index (χ3n) is 2.93. The molecule has 1 aromatic heterocycles. The van der Waals surface area contributed by atoms with Crippen molar-refractivity contribution in [2.45, 2.75) is 13.0 Å². The van der Waals surface area contributed by atoms with Crippen LogP contribution in [-0.4, -0.2) is 22.7 Å². The maximum atomic E-state index is 11.0. The average Bonchev–Trinajstić information content (AvgIpc) is 2.88. The molecule has 5 heteroatoms. The zero-order chi connectivity index (χ0) is 13.1. The molecule has 1 amide bonds. The van der Waals surface area contributed by atoms with Gasteiger partial charge in [-0.3, -0.25) is 4.79 Å². The van der Waals surface area contributed by atoms with Crippen LogP contribution in [0, 0.1) is 0 Å². The predicted molar refractivity (Wildman–Crippen MR) is 69.6 cm³/mol. The summed E-state index contributed by atoms with van der Waals surface area (Å²) >= 11 is 0. The number of carbonyl (C=O) groups excluding carboxylic acids is 1. The number of nitrogens with one attached hydrogen (secondary N) is 1. The second-order valence-electron chi connectivity index (χ2n) is 4.14.